The number of hydrogen-bond acceptors (Lipinski definition) is 1. The average Bonchev–Trinajstić information content (AvgIpc) is 3.75. The summed E-state index contributed by atoms with van der Waals surface area (Å²) in [4.78, 5) is 0. The SMILES string of the molecule is C1=CC(C2=CCCC(n3c4ccccc4c4ccccc43)=C2)Cc2c1oc1ccc(-n3c4ccccc4c4ccccc43)cc21. The fourth-order valence-electron chi connectivity index (χ4n) is 7.94. The molecule has 5 aromatic carbocycles. The van der Waals surface area contributed by atoms with E-state index in [0.29, 0.717) is 5.92 Å². The van der Waals surface area contributed by atoms with E-state index in [9.17, 15) is 0 Å². The van der Waals surface area contributed by atoms with Crippen LogP contribution in [0.3, 0.4) is 0 Å². The Morgan fingerprint density at radius 2 is 1.18 bits per heavy atom. The molecule has 214 valence electrons. The van der Waals surface area contributed by atoms with Crippen molar-refractivity contribution >= 4 is 66.4 Å². The maximum atomic E-state index is 6.41. The number of nitrogens with zero attached hydrogens (tertiary/aromatic N) is 2. The van der Waals surface area contributed by atoms with Crippen molar-refractivity contribution in [1.82, 2.24) is 9.13 Å². The van der Waals surface area contributed by atoms with Crippen molar-refractivity contribution in [1.29, 1.82) is 0 Å². The van der Waals surface area contributed by atoms with Gasteiger partial charge in [0.25, 0.3) is 0 Å². The van der Waals surface area contributed by atoms with E-state index in [1.807, 2.05) is 0 Å². The number of allylic oxidation sites excluding steroid dienone is 5. The molecular formula is C42H30N2O. The van der Waals surface area contributed by atoms with Gasteiger partial charge in [-0.1, -0.05) is 84.9 Å². The normalized spacial score (nSPS) is 16.6. The van der Waals surface area contributed by atoms with Gasteiger partial charge in [-0.05, 0) is 79.5 Å². The first-order valence-electron chi connectivity index (χ1n) is 15.9. The molecule has 3 aromatic heterocycles. The standard InChI is InChI=1S/C42H30N2O/c1-5-16-37-31(12-1)32-13-2-6-17-38(32)43(37)29-11-9-10-27(24-29)28-20-22-41-35(25-28)36-26-30(21-23-42(36)45-41)44-39-18-7-3-14-33(39)34-15-4-8-19-40(34)44/h1-8,10,12-24,26,28H,9,11,25H2. The van der Waals surface area contributed by atoms with Crippen LogP contribution < -0.4 is 0 Å². The van der Waals surface area contributed by atoms with Gasteiger partial charge < -0.3 is 13.6 Å². The zero-order valence-electron chi connectivity index (χ0n) is 24.8. The highest BCUT2D eigenvalue weighted by Crippen LogP contribution is 2.41. The van der Waals surface area contributed by atoms with E-state index in [4.69, 9.17) is 4.42 Å². The zero-order chi connectivity index (χ0) is 29.5. The van der Waals surface area contributed by atoms with Crippen LogP contribution in [0.5, 0.6) is 0 Å². The summed E-state index contributed by atoms with van der Waals surface area (Å²) in [6.45, 7) is 0. The molecule has 1 atom stereocenters. The van der Waals surface area contributed by atoms with Gasteiger partial charge in [0, 0.05) is 49.8 Å². The first-order valence-corrected chi connectivity index (χ1v) is 15.9. The number of fused-ring (bicyclic) bond motifs is 9. The molecule has 3 heteroatoms. The second-order valence-corrected chi connectivity index (χ2v) is 12.4. The molecule has 2 aliphatic carbocycles. The molecule has 0 N–H and O–H groups in total. The summed E-state index contributed by atoms with van der Waals surface area (Å²) in [7, 11) is 0. The minimum atomic E-state index is 0.304. The molecule has 0 saturated carbocycles. The monoisotopic (exact) mass is 578 g/mol. The molecule has 1 unspecified atom stereocenters. The van der Waals surface area contributed by atoms with Crippen LogP contribution in [0.2, 0.25) is 0 Å². The second kappa shape index (κ2) is 9.48. The van der Waals surface area contributed by atoms with Crippen LogP contribution in [0.4, 0.5) is 0 Å². The Kier molecular flexibility index (Phi) is 5.23. The Morgan fingerprint density at radius 1 is 0.600 bits per heavy atom. The van der Waals surface area contributed by atoms with Crippen LogP contribution in [-0.4, -0.2) is 9.13 Å². The largest absolute Gasteiger partial charge is 0.456 e. The minimum absolute atomic E-state index is 0.304. The number of benzene rings is 5. The van der Waals surface area contributed by atoms with Gasteiger partial charge in [0.15, 0.2) is 0 Å². The van der Waals surface area contributed by atoms with Crippen molar-refractivity contribution < 1.29 is 4.42 Å². The molecular weight excluding hydrogens is 548 g/mol. The maximum Gasteiger partial charge on any atom is 0.135 e. The van der Waals surface area contributed by atoms with Crippen molar-refractivity contribution in [2.45, 2.75) is 19.3 Å². The van der Waals surface area contributed by atoms with Crippen molar-refractivity contribution in [3.8, 4) is 5.69 Å². The summed E-state index contributed by atoms with van der Waals surface area (Å²) in [5.41, 5.74) is 11.2. The van der Waals surface area contributed by atoms with Gasteiger partial charge in [0.05, 0.1) is 22.1 Å². The van der Waals surface area contributed by atoms with Crippen LogP contribution in [0.25, 0.3) is 72.0 Å². The zero-order valence-corrected chi connectivity index (χ0v) is 24.8. The molecule has 0 spiro atoms. The maximum absolute atomic E-state index is 6.41. The van der Waals surface area contributed by atoms with Gasteiger partial charge >= 0.3 is 0 Å². The molecule has 0 amide bonds. The molecule has 0 bridgehead atoms. The quantitative estimate of drug-likeness (QED) is 0.204. The van der Waals surface area contributed by atoms with Crippen LogP contribution in [-0.2, 0) is 6.42 Å². The van der Waals surface area contributed by atoms with Crippen LogP contribution in [0.1, 0.15) is 24.2 Å². The summed E-state index contributed by atoms with van der Waals surface area (Å²) in [5, 5.41) is 6.40. The van der Waals surface area contributed by atoms with Crippen molar-refractivity contribution in [3.05, 3.63) is 150 Å². The minimum Gasteiger partial charge on any atom is -0.456 e. The highest BCUT2D eigenvalue weighted by Gasteiger charge is 2.25. The van der Waals surface area contributed by atoms with Gasteiger partial charge in [0.1, 0.15) is 11.3 Å². The van der Waals surface area contributed by atoms with Crippen LogP contribution >= 0.6 is 0 Å². The smallest absolute Gasteiger partial charge is 0.135 e. The topological polar surface area (TPSA) is 23.0 Å². The Labute approximate surface area is 260 Å². The Hall–Kier alpha value is -5.54. The molecule has 3 nitrogen and oxygen atoms in total. The van der Waals surface area contributed by atoms with E-state index in [2.05, 4.69) is 149 Å². The first kappa shape index (κ1) is 24.9. The van der Waals surface area contributed by atoms with E-state index < -0.39 is 0 Å². The third-order valence-corrected chi connectivity index (χ3v) is 9.96. The predicted octanol–water partition coefficient (Wildman–Crippen LogP) is 11.1. The lowest BCUT2D eigenvalue weighted by molar-refractivity contribution is 0.587. The van der Waals surface area contributed by atoms with Crippen LogP contribution in [0.15, 0.2) is 143 Å². The Morgan fingerprint density at radius 3 is 1.80 bits per heavy atom. The number of para-hydroxylation sites is 4. The van der Waals surface area contributed by atoms with E-state index in [0.717, 1.165) is 30.6 Å². The number of furan rings is 1. The average molecular weight is 579 g/mol. The molecule has 2 aliphatic rings. The fraction of sp³-hybridized carbons (Fsp3) is 0.0952. The number of aromatic nitrogens is 2. The third kappa shape index (κ3) is 3.64. The summed E-state index contributed by atoms with van der Waals surface area (Å²) in [6.07, 6.45) is 12.5. The molecule has 0 fully saturated rings. The molecule has 45 heavy (non-hydrogen) atoms. The molecule has 0 saturated heterocycles. The molecule has 0 radical (unpaired) electrons. The van der Waals surface area contributed by atoms with Gasteiger partial charge in [-0.3, -0.25) is 0 Å². The third-order valence-electron chi connectivity index (χ3n) is 9.96. The summed E-state index contributed by atoms with van der Waals surface area (Å²) >= 11 is 0. The molecule has 10 rings (SSSR count). The number of rotatable bonds is 3. The van der Waals surface area contributed by atoms with E-state index in [-0.39, 0.29) is 0 Å². The lowest BCUT2D eigenvalue weighted by Gasteiger charge is -2.23. The summed E-state index contributed by atoms with van der Waals surface area (Å²) in [5.74, 6) is 1.29. The Balaban J connectivity index is 1.06. The van der Waals surface area contributed by atoms with Gasteiger partial charge in [0.2, 0.25) is 0 Å². The Bertz CT molecular complexity index is 2470. The number of hydrogen-bond donors (Lipinski definition) is 0. The summed E-state index contributed by atoms with van der Waals surface area (Å²) < 4.78 is 11.3. The van der Waals surface area contributed by atoms with Crippen LogP contribution in [0, 0.1) is 5.92 Å². The van der Waals surface area contributed by atoms with Gasteiger partial charge in [-0.15, -0.1) is 0 Å². The fourth-order valence-corrected chi connectivity index (χ4v) is 7.94. The highest BCUT2D eigenvalue weighted by atomic mass is 16.3. The molecule has 0 aliphatic heterocycles. The highest BCUT2D eigenvalue weighted by molar-refractivity contribution is 6.10. The van der Waals surface area contributed by atoms with Crippen molar-refractivity contribution in [2.75, 3.05) is 0 Å². The van der Waals surface area contributed by atoms with Gasteiger partial charge in [-0.25, -0.2) is 0 Å². The van der Waals surface area contributed by atoms with E-state index in [1.54, 1.807) is 0 Å². The van der Waals surface area contributed by atoms with Gasteiger partial charge in [-0.2, -0.15) is 0 Å². The van der Waals surface area contributed by atoms with Crippen molar-refractivity contribution in [2.24, 2.45) is 5.92 Å². The first-order chi connectivity index (χ1) is 22.3. The lowest BCUT2D eigenvalue weighted by atomic mass is 9.84. The van der Waals surface area contributed by atoms with Crippen molar-refractivity contribution in [3.63, 3.8) is 0 Å². The predicted molar refractivity (Wildman–Crippen MR) is 188 cm³/mol. The lowest BCUT2D eigenvalue weighted by Crippen LogP contribution is -2.11. The molecule has 8 aromatic rings. The second-order valence-electron chi connectivity index (χ2n) is 12.4. The molecule has 3 heterocycles. The summed E-state index contributed by atoms with van der Waals surface area (Å²) in [6, 6.07) is 41.7. The van der Waals surface area contributed by atoms with E-state index >= 15 is 0 Å². The van der Waals surface area contributed by atoms with E-state index in [1.165, 1.54) is 71.5 Å².